The lowest BCUT2D eigenvalue weighted by Gasteiger charge is -2.17. The summed E-state index contributed by atoms with van der Waals surface area (Å²) in [4.78, 5) is 43.8. The molecular weight excluding hydrogens is 580 g/mol. The van der Waals surface area contributed by atoms with Crippen LogP contribution in [0.5, 0.6) is 0 Å². The van der Waals surface area contributed by atoms with Crippen LogP contribution in [0.1, 0.15) is 44.9 Å². The molecule has 0 spiro atoms. The molecule has 0 atom stereocenters. The summed E-state index contributed by atoms with van der Waals surface area (Å²) in [5, 5.41) is 13.0. The molecule has 0 unspecified atom stereocenters. The van der Waals surface area contributed by atoms with Gasteiger partial charge in [-0.15, -0.1) is 11.3 Å². The maximum Gasteiger partial charge on any atom is 0.251 e. The fourth-order valence-corrected chi connectivity index (χ4v) is 5.51. The van der Waals surface area contributed by atoms with E-state index < -0.39 is 0 Å². The fourth-order valence-electron chi connectivity index (χ4n) is 4.31. The largest absolute Gasteiger partial charge is 0.383 e. The van der Waals surface area contributed by atoms with Crippen LogP contribution in [0.15, 0.2) is 52.6 Å². The number of Topliss-reactive ketones (excluding diaryl/α,β-unsaturated/α-hetero) is 1. The highest BCUT2D eigenvalue weighted by Gasteiger charge is 2.19. The molecule has 1 aliphatic rings. The average Bonchev–Trinajstić information content (AvgIpc) is 3.56. The number of thiazole rings is 1. The predicted molar refractivity (Wildman–Crippen MR) is 160 cm³/mol. The SMILES string of the molecule is Cc1ccccc1NCCNc1ccc(C(=O)NCCCN2CCCC2=O)cc1NCC(=O)c1cnc(Br)s1. The van der Waals surface area contributed by atoms with E-state index in [0.29, 0.717) is 59.1 Å². The van der Waals surface area contributed by atoms with E-state index in [0.717, 1.165) is 24.3 Å². The number of likely N-dealkylation sites (tertiary alicyclic amines) is 1. The smallest absolute Gasteiger partial charge is 0.251 e. The van der Waals surface area contributed by atoms with Gasteiger partial charge in [0.2, 0.25) is 5.91 Å². The molecule has 0 aliphatic carbocycles. The van der Waals surface area contributed by atoms with Crippen LogP contribution in [0.3, 0.4) is 0 Å². The van der Waals surface area contributed by atoms with Gasteiger partial charge in [-0.25, -0.2) is 4.98 Å². The molecule has 1 aromatic heterocycles. The van der Waals surface area contributed by atoms with E-state index in [2.05, 4.69) is 55.2 Å². The van der Waals surface area contributed by atoms with Crippen molar-refractivity contribution in [2.24, 2.45) is 0 Å². The van der Waals surface area contributed by atoms with Crippen molar-refractivity contribution in [1.29, 1.82) is 0 Å². The van der Waals surface area contributed by atoms with Gasteiger partial charge in [-0.1, -0.05) is 18.2 Å². The Morgan fingerprint density at radius 3 is 2.54 bits per heavy atom. The van der Waals surface area contributed by atoms with E-state index in [-0.39, 0.29) is 24.1 Å². The first-order valence-electron chi connectivity index (χ1n) is 13.0. The molecule has 2 heterocycles. The Morgan fingerprint density at radius 1 is 1.03 bits per heavy atom. The van der Waals surface area contributed by atoms with Crippen LogP contribution in [-0.4, -0.2) is 66.8 Å². The lowest BCUT2D eigenvalue weighted by molar-refractivity contribution is -0.127. The number of nitrogens with zero attached hydrogens (tertiary/aromatic N) is 2. The molecule has 0 saturated carbocycles. The van der Waals surface area contributed by atoms with E-state index in [1.165, 1.54) is 16.9 Å². The number of rotatable bonds is 14. The number of para-hydroxylation sites is 1. The topological polar surface area (TPSA) is 115 Å². The van der Waals surface area contributed by atoms with Crippen LogP contribution >= 0.6 is 27.3 Å². The number of anilines is 3. The summed E-state index contributed by atoms with van der Waals surface area (Å²) < 4.78 is 0.655. The molecule has 4 rings (SSSR count). The zero-order valence-electron chi connectivity index (χ0n) is 21.9. The molecule has 3 aromatic rings. The number of carbonyl (C=O) groups excluding carboxylic acids is 3. The van der Waals surface area contributed by atoms with E-state index >= 15 is 0 Å². The predicted octanol–water partition coefficient (Wildman–Crippen LogP) is 4.78. The minimum Gasteiger partial charge on any atom is -0.383 e. The third-order valence-electron chi connectivity index (χ3n) is 6.44. The van der Waals surface area contributed by atoms with Gasteiger partial charge < -0.3 is 26.2 Å². The fraction of sp³-hybridized carbons (Fsp3) is 0.357. The van der Waals surface area contributed by atoms with Crippen molar-refractivity contribution in [3.8, 4) is 0 Å². The number of carbonyl (C=O) groups is 3. The van der Waals surface area contributed by atoms with Crippen molar-refractivity contribution in [3.05, 3.63) is 68.6 Å². The molecule has 4 N–H and O–H groups in total. The molecule has 2 aromatic carbocycles. The first-order chi connectivity index (χ1) is 18.9. The van der Waals surface area contributed by atoms with E-state index in [9.17, 15) is 14.4 Å². The van der Waals surface area contributed by atoms with E-state index in [4.69, 9.17) is 0 Å². The number of halogens is 1. The van der Waals surface area contributed by atoms with Crippen LogP contribution < -0.4 is 21.3 Å². The first-order valence-corrected chi connectivity index (χ1v) is 14.6. The number of amides is 2. The highest BCUT2D eigenvalue weighted by molar-refractivity contribution is 9.11. The second-order valence-electron chi connectivity index (χ2n) is 9.28. The Morgan fingerprint density at radius 2 is 1.82 bits per heavy atom. The van der Waals surface area contributed by atoms with Gasteiger partial charge in [0.25, 0.3) is 5.91 Å². The van der Waals surface area contributed by atoms with Crippen LogP contribution in [0, 0.1) is 6.92 Å². The number of ketones is 1. The maximum atomic E-state index is 12.9. The minimum atomic E-state index is -0.198. The second-order valence-corrected chi connectivity index (χ2v) is 11.6. The summed E-state index contributed by atoms with van der Waals surface area (Å²) in [6.45, 7) is 5.40. The van der Waals surface area contributed by atoms with Crippen molar-refractivity contribution in [1.82, 2.24) is 15.2 Å². The van der Waals surface area contributed by atoms with Gasteiger partial charge in [0.15, 0.2) is 9.70 Å². The lowest BCUT2D eigenvalue weighted by atomic mass is 10.1. The molecule has 0 bridgehead atoms. The molecule has 2 amide bonds. The first kappa shape index (κ1) is 28.6. The summed E-state index contributed by atoms with van der Waals surface area (Å²) in [7, 11) is 0. The van der Waals surface area contributed by atoms with Gasteiger partial charge in [0.1, 0.15) is 0 Å². The highest BCUT2D eigenvalue weighted by Crippen LogP contribution is 2.25. The number of aromatic nitrogens is 1. The van der Waals surface area contributed by atoms with Gasteiger partial charge in [0, 0.05) is 50.4 Å². The van der Waals surface area contributed by atoms with Crippen molar-refractivity contribution in [2.45, 2.75) is 26.2 Å². The van der Waals surface area contributed by atoms with E-state index in [1.54, 1.807) is 18.3 Å². The average molecular weight is 614 g/mol. The molecule has 39 heavy (non-hydrogen) atoms. The number of benzene rings is 2. The maximum absolute atomic E-state index is 12.9. The van der Waals surface area contributed by atoms with E-state index in [1.807, 2.05) is 29.2 Å². The van der Waals surface area contributed by atoms with Crippen molar-refractivity contribution in [3.63, 3.8) is 0 Å². The molecule has 206 valence electrons. The zero-order chi connectivity index (χ0) is 27.6. The van der Waals surface area contributed by atoms with Crippen LogP contribution in [0.2, 0.25) is 0 Å². The van der Waals surface area contributed by atoms with Crippen molar-refractivity contribution < 1.29 is 14.4 Å². The van der Waals surface area contributed by atoms with Crippen LogP contribution in [0.25, 0.3) is 0 Å². The summed E-state index contributed by atoms with van der Waals surface area (Å²) in [6.07, 6.45) is 3.78. The lowest BCUT2D eigenvalue weighted by Crippen LogP contribution is -2.30. The van der Waals surface area contributed by atoms with Gasteiger partial charge >= 0.3 is 0 Å². The Bertz CT molecular complexity index is 1310. The third kappa shape index (κ3) is 8.27. The summed E-state index contributed by atoms with van der Waals surface area (Å²) in [6, 6.07) is 13.5. The molecular formula is C28H33BrN6O3S. The van der Waals surface area contributed by atoms with Gasteiger partial charge in [-0.3, -0.25) is 14.4 Å². The zero-order valence-corrected chi connectivity index (χ0v) is 24.3. The Hall–Kier alpha value is -3.44. The highest BCUT2D eigenvalue weighted by atomic mass is 79.9. The Kier molecular flexibility index (Phi) is 10.3. The van der Waals surface area contributed by atoms with Gasteiger partial charge in [-0.2, -0.15) is 0 Å². The molecule has 0 radical (unpaired) electrons. The number of nitrogens with one attached hydrogen (secondary N) is 4. The summed E-state index contributed by atoms with van der Waals surface area (Å²) in [5.41, 5.74) is 4.21. The molecule has 1 saturated heterocycles. The Labute approximate surface area is 240 Å². The Balaban J connectivity index is 1.36. The second kappa shape index (κ2) is 14.1. The molecule has 9 nitrogen and oxygen atoms in total. The van der Waals surface area contributed by atoms with Gasteiger partial charge in [-0.05, 0) is 65.5 Å². The molecule has 11 heteroatoms. The molecule has 1 fully saturated rings. The normalized spacial score (nSPS) is 12.9. The number of hydrogen-bond donors (Lipinski definition) is 4. The van der Waals surface area contributed by atoms with Crippen LogP contribution in [0.4, 0.5) is 17.1 Å². The quantitative estimate of drug-likeness (QED) is 0.153. The minimum absolute atomic E-state index is 0.0692. The van der Waals surface area contributed by atoms with Crippen LogP contribution in [-0.2, 0) is 4.79 Å². The standard InChI is InChI=1S/C28H33BrN6O3S/c1-19-6-2-3-7-21(19)30-12-13-31-22-10-9-20(27(38)32-11-5-15-35-14-4-8-26(35)37)16-23(22)33-17-24(36)25-18-34-28(29)39-25/h2-3,6-7,9-10,16,18,30-31,33H,4-5,8,11-15,17H2,1H3,(H,32,38). The summed E-state index contributed by atoms with van der Waals surface area (Å²) >= 11 is 4.58. The van der Waals surface area contributed by atoms with Crippen molar-refractivity contribution in [2.75, 3.05) is 55.2 Å². The molecule has 1 aliphatic heterocycles. The van der Waals surface area contributed by atoms with Crippen molar-refractivity contribution >= 4 is 61.9 Å². The van der Waals surface area contributed by atoms with Gasteiger partial charge in [0.05, 0.1) is 29.0 Å². The monoisotopic (exact) mass is 612 g/mol. The number of aryl methyl sites for hydroxylation is 1. The third-order valence-corrected chi connectivity index (χ3v) is 7.95. The summed E-state index contributed by atoms with van der Waals surface area (Å²) in [5.74, 6) is -0.0950. The number of hydrogen-bond acceptors (Lipinski definition) is 8.